The van der Waals surface area contributed by atoms with Gasteiger partial charge in [0.15, 0.2) is 12.4 Å². The van der Waals surface area contributed by atoms with E-state index in [2.05, 4.69) is 0 Å². The first-order valence-electron chi connectivity index (χ1n) is 7.72. The van der Waals surface area contributed by atoms with Crippen molar-refractivity contribution in [1.82, 2.24) is 0 Å². The molecule has 27 heavy (non-hydrogen) atoms. The van der Waals surface area contributed by atoms with Crippen LogP contribution in [0.25, 0.3) is 0 Å². The fourth-order valence-corrected chi connectivity index (χ4v) is 2.65. The van der Waals surface area contributed by atoms with Crippen molar-refractivity contribution in [2.24, 2.45) is 5.73 Å². The molecule has 2 aromatic rings. The summed E-state index contributed by atoms with van der Waals surface area (Å²) in [6.07, 6.45) is 0. The molecule has 0 aliphatic heterocycles. The highest BCUT2D eigenvalue weighted by Crippen LogP contribution is 2.36. The zero-order valence-corrected chi connectivity index (χ0v) is 16.7. The molecular weight excluding hydrogens is 417 g/mol. The summed E-state index contributed by atoms with van der Waals surface area (Å²) in [7, 11) is 0. The van der Waals surface area contributed by atoms with Crippen molar-refractivity contribution in [2.45, 2.75) is 13.5 Å². The largest absolute Gasteiger partial charge is 0.508 e. The van der Waals surface area contributed by atoms with Gasteiger partial charge in [-0.15, -0.1) is 12.4 Å². The highest BCUT2D eigenvalue weighted by Gasteiger charge is 2.19. The van der Waals surface area contributed by atoms with Crippen molar-refractivity contribution in [2.75, 3.05) is 13.2 Å². The van der Waals surface area contributed by atoms with Gasteiger partial charge in [-0.1, -0.05) is 35.3 Å². The molecule has 0 aliphatic rings. The molecule has 9 heteroatoms. The number of carbonyl (C=O) groups excluding carboxylic acids is 2. The van der Waals surface area contributed by atoms with E-state index in [0.717, 1.165) is 0 Å². The van der Waals surface area contributed by atoms with Gasteiger partial charge >= 0.3 is 5.97 Å². The molecule has 0 aliphatic carbocycles. The number of phenolic OH excluding ortho intramolecular Hbond substituents is 1. The van der Waals surface area contributed by atoms with Crippen LogP contribution < -0.4 is 10.5 Å². The molecule has 0 atom stereocenters. The van der Waals surface area contributed by atoms with Crippen molar-refractivity contribution >= 4 is 47.4 Å². The van der Waals surface area contributed by atoms with Crippen LogP contribution in [0.2, 0.25) is 10.0 Å². The topological polar surface area (TPSA) is 98.9 Å². The summed E-state index contributed by atoms with van der Waals surface area (Å²) >= 11 is 12.3. The number of halogens is 3. The van der Waals surface area contributed by atoms with Crippen LogP contribution in [-0.4, -0.2) is 30.1 Å². The minimum absolute atomic E-state index is 0. The fraction of sp³-hybridized carbons (Fsp3) is 0.222. The molecule has 2 aromatic carbocycles. The van der Waals surface area contributed by atoms with Gasteiger partial charge in [-0.05, 0) is 25.1 Å². The lowest BCUT2D eigenvalue weighted by atomic mass is 10.0. The number of benzene rings is 2. The van der Waals surface area contributed by atoms with Gasteiger partial charge in [-0.3, -0.25) is 4.79 Å². The average Bonchev–Trinajstić information content (AvgIpc) is 2.62. The van der Waals surface area contributed by atoms with Crippen molar-refractivity contribution in [3.8, 4) is 11.5 Å². The molecule has 0 amide bonds. The molecule has 6 nitrogen and oxygen atoms in total. The second-order valence-electron chi connectivity index (χ2n) is 5.21. The van der Waals surface area contributed by atoms with Crippen LogP contribution in [0.5, 0.6) is 11.5 Å². The number of aromatic hydroxyl groups is 1. The minimum Gasteiger partial charge on any atom is -0.508 e. The first-order valence-corrected chi connectivity index (χ1v) is 8.47. The Bertz CT molecular complexity index is 842. The van der Waals surface area contributed by atoms with Crippen LogP contribution in [-0.2, 0) is 16.1 Å². The molecule has 3 N–H and O–H groups in total. The average molecular weight is 435 g/mol. The minimum atomic E-state index is -0.546. The number of ketones is 1. The smallest absolute Gasteiger partial charge is 0.344 e. The Morgan fingerprint density at radius 2 is 1.85 bits per heavy atom. The van der Waals surface area contributed by atoms with Gasteiger partial charge in [0.05, 0.1) is 11.6 Å². The first kappa shape index (κ1) is 23.0. The van der Waals surface area contributed by atoms with Crippen molar-refractivity contribution in [1.29, 1.82) is 0 Å². The fourth-order valence-electron chi connectivity index (χ4n) is 2.19. The molecule has 0 spiro atoms. The third-order valence-corrected chi connectivity index (χ3v) is 4.37. The Balaban J connectivity index is 0.00000364. The third-order valence-electron chi connectivity index (χ3n) is 3.51. The van der Waals surface area contributed by atoms with Gasteiger partial charge < -0.3 is 20.3 Å². The van der Waals surface area contributed by atoms with Gasteiger partial charge in [0, 0.05) is 23.2 Å². The zero-order valence-electron chi connectivity index (χ0n) is 14.3. The second-order valence-corrected chi connectivity index (χ2v) is 5.97. The predicted molar refractivity (Wildman–Crippen MR) is 105 cm³/mol. The van der Waals surface area contributed by atoms with Crippen LogP contribution >= 0.6 is 35.6 Å². The van der Waals surface area contributed by atoms with E-state index in [1.807, 2.05) is 0 Å². The maximum absolute atomic E-state index is 12.6. The van der Waals surface area contributed by atoms with Crippen molar-refractivity contribution in [3.05, 3.63) is 57.1 Å². The number of carbonyl (C=O) groups is 2. The molecule has 0 radical (unpaired) electrons. The lowest BCUT2D eigenvalue weighted by Gasteiger charge is -2.12. The van der Waals surface area contributed by atoms with E-state index in [4.69, 9.17) is 38.4 Å². The van der Waals surface area contributed by atoms with Gasteiger partial charge in [0.2, 0.25) is 0 Å². The second kappa shape index (κ2) is 10.4. The Hall–Kier alpha value is -1.99. The zero-order chi connectivity index (χ0) is 19.3. The number of phenols is 1. The lowest BCUT2D eigenvalue weighted by molar-refractivity contribution is -0.145. The monoisotopic (exact) mass is 433 g/mol. The summed E-state index contributed by atoms with van der Waals surface area (Å²) < 4.78 is 10.0. The summed E-state index contributed by atoms with van der Waals surface area (Å²) in [6.45, 7) is 1.74. The van der Waals surface area contributed by atoms with E-state index >= 15 is 0 Å². The van der Waals surface area contributed by atoms with E-state index in [0.29, 0.717) is 5.56 Å². The Morgan fingerprint density at radius 1 is 1.15 bits per heavy atom. The van der Waals surface area contributed by atoms with E-state index in [-0.39, 0.29) is 64.8 Å². The highest BCUT2D eigenvalue weighted by molar-refractivity contribution is 6.45. The summed E-state index contributed by atoms with van der Waals surface area (Å²) in [6, 6.07) is 7.30. The van der Waals surface area contributed by atoms with E-state index < -0.39 is 11.8 Å². The van der Waals surface area contributed by atoms with E-state index in [1.54, 1.807) is 19.1 Å². The molecule has 0 bridgehead atoms. The van der Waals surface area contributed by atoms with Crippen molar-refractivity contribution in [3.63, 3.8) is 0 Å². The maximum Gasteiger partial charge on any atom is 0.344 e. The van der Waals surface area contributed by atoms with E-state index in [1.165, 1.54) is 18.2 Å². The van der Waals surface area contributed by atoms with Gasteiger partial charge in [-0.25, -0.2) is 4.79 Å². The normalized spacial score (nSPS) is 10.1. The molecular formula is C18H18Cl3NO5. The molecule has 0 aromatic heterocycles. The lowest BCUT2D eigenvalue weighted by Crippen LogP contribution is -2.15. The van der Waals surface area contributed by atoms with Crippen LogP contribution in [0.3, 0.4) is 0 Å². The summed E-state index contributed by atoms with van der Waals surface area (Å²) in [5, 5.41) is 9.86. The summed E-state index contributed by atoms with van der Waals surface area (Å²) in [5.74, 6) is -0.888. The number of esters is 1. The highest BCUT2D eigenvalue weighted by atomic mass is 35.5. The third kappa shape index (κ3) is 5.49. The number of ether oxygens (including phenoxy) is 2. The number of hydrogen-bond acceptors (Lipinski definition) is 6. The molecule has 0 unspecified atom stereocenters. The molecule has 0 saturated heterocycles. The molecule has 0 saturated carbocycles. The number of hydrogen-bond donors (Lipinski definition) is 2. The number of rotatable bonds is 7. The Labute approximate surface area is 172 Å². The van der Waals surface area contributed by atoms with Crippen LogP contribution in [0.4, 0.5) is 0 Å². The molecule has 2 rings (SSSR count). The van der Waals surface area contributed by atoms with Gasteiger partial charge in [-0.2, -0.15) is 0 Å². The summed E-state index contributed by atoms with van der Waals surface area (Å²) in [5.41, 5.74) is 6.38. The predicted octanol–water partition coefficient (Wildman–Crippen LogP) is 3.75. The Morgan fingerprint density at radius 3 is 2.44 bits per heavy atom. The first-order chi connectivity index (χ1) is 12.4. The number of nitrogens with two attached hydrogens (primary N) is 1. The van der Waals surface area contributed by atoms with Crippen LogP contribution in [0.1, 0.15) is 28.4 Å². The SMILES string of the molecule is CCOC(=O)COc1ccc(C(=O)c2ccc(CN)c(O)c2)c(Cl)c1Cl.Cl. The Kier molecular flexibility index (Phi) is 8.85. The molecule has 0 fully saturated rings. The molecule has 146 valence electrons. The maximum atomic E-state index is 12.6. The quantitative estimate of drug-likeness (QED) is 0.508. The van der Waals surface area contributed by atoms with Crippen molar-refractivity contribution < 1.29 is 24.2 Å². The molecule has 0 heterocycles. The van der Waals surface area contributed by atoms with Crippen LogP contribution in [0, 0.1) is 0 Å². The standard InChI is InChI=1S/C18H17Cl2NO5.ClH/c1-2-25-15(23)9-26-14-6-5-12(16(19)17(14)20)18(24)10-3-4-11(8-21)13(22)7-10;/h3-7,22H,2,8-9,21H2,1H3;1H. The summed E-state index contributed by atoms with van der Waals surface area (Å²) in [4.78, 5) is 24.0. The van der Waals surface area contributed by atoms with E-state index in [9.17, 15) is 14.7 Å². The van der Waals surface area contributed by atoms with Gasteiger partial charge in [0.25, 0.3) is 0 Å². The van der Waals surface area contributed by atoms with Gasteiger partial charge in [0.1, 0.15) is 16.5 Å². The van der Waals surface area contributed by atoms with Crippen LogP contribution in [0.15, 0.2) is 30.3 Å².